The Balaban J connectivity index is 1.99. The van der Waals surface area contributed by atoms with Crippen molar-refractivity contribution in [2.45, 2.75) is 26.1 Å². The number of nitrogens with zero attached hydrogens (tertiary/aromatic N) is 1. The SMILES string of the molecule is COc1ccc(OC)c(NC(=O)CN2CC(C)OC(C)C2)c1. The molecule has 1 aromatic carbocycles. The molecule has 0 saturated carbocycles. The van der Waals surface area contributed by atoms with E-state index in [-0.39, 0.29) is 18.1 Å². The standard InChI is InChI=1S/C16H24N2O4/c1-11-8-18(9-12(2)22-11)10-16(19)17-14-7-13(20-3)5-6-15(14)21-4/h5-7,11-12H,8-10H2,1-4H3,(H,17,19). The van der Waals surface area contributed by atoms with Gasteiger partial charge < -0.3 is 19.5 Å². The number of rotatable bonds is 5. The molecular weight excluding hydrogens is 284 g/mol. The van der Waals surface area contributed by atoms with E-state index in [1.807, 2.05) is 13.8 Å². The molecule has 0 aliphatic carbocycles. The molecule has 1 aliphatic rings. The first-order chi connectivity index (χ1) is 10.5. The van der Waals surface area contributed by atoms with Gasteiger partial charge in [-0.15, -0.1) is 0 Å². The number of ether oxygens (including phenoxy) is 3. The lowest BCUT2D eigenvalue weighted by Gasteiger charge is -2.34. The largest absolute Gasteiger partial charge is 0.497 e. The van der Waals surface area contributed by atoms with E-state index < -0.39 is 0 Å². The molecule has 0 aromatic heterocycles. The summed E-state index contributed by atoms with van der Waals surface area (Å²) in [6.45, 7) is 5.88. The van der Waals surface area contributed by atoms with Gasteiger partial charge in [-0.25, -0.2) is 0 Å². The Kier molecular flexibility index (Phi) is 5.63. The molecule has 1 N–H and O–H groups in total. The third kappa shape index (κ3) is 4.35. The average molecular weight is 308 g/mol. The van der Waals surface area contributed by atoms with Gasteiger partial charge in [-0.3, -0.25) is 9.69 Å². The molecule has 0 bridgehead atoms. The number of nitrogens with one attached hydrogen (secondary N) is 1. The minimum atomic E-state index is -0.0761. The lowest BCUT2D eigenvalue weighted by molar-refractivity contribution is -0.121. The van der Waals surface area contributed by atoms with Crippen molar-refractivity contribution in [2.24, 2.45) is 0 Å². The van der Waals surface area contributed by atoms with Gasteiger partial charge in [-0.2, -0.15) is 0 Å². The predicted octanol–water partition coefficient (Wildman–Crippen LogP) is 1.75. The third-order valence-corrected chi connectivity index (χ3v) is 3.54. The Morgan fingerprint density at radius 2 is 1.95 bits per heavy atom. The van der Waals surface area contributed by atoms with Gasteiger partial charge in [-0.1, -0.05) is 0 Å². The highest BCUT2D eigenvalue weighted by molar-refractivity contribution is 5.94. The van der Waals surface area contributed by atoms with E-state index in [9.17, 15) is 4.79 Å². The number of anilines is 1. The van der Waals surface area contributed by atoms with Gasteiger partial charge in [-0.05, 0) is 26.0 Å². The molecular formula is C16H24N2O4. The van der Waals surface area contributed by atoms with Crippen molar-refractivity contribution in [1.29, 1.82) is 0 Å². The van der Waals surface area contributed by atoms with Gasteiger partial charge in [0, 0.05) is 19.2 Å². The molecule has 1 saturated heterocycles. The number of amides is 1. The highest BCUT2D eigenvalue weighted by Gasteiger charge is 2.24. The first-order valence-electron chi connectivity index (χ1n) is 7.41. The highest BCUT2D eigenvalue weighted by Crippen LogP contribution is 2.28. The van der Waals surface area contributed by atoms with Crippen LogP contribution in [-0.2, 0) is 9.53 Å². The van der Waals surface area contributed by atoms with Crippen LogP contribution >= 0.6 is 0 Å². The molecule has 122 valence electrons. The van der Waals surface area contributed by atoms with Gasteiger partial charge in [0.1, 0.15) is 11.5 Å². The molecule has 1 amide bonds. The normalized spacial score (nSPS) is 22.2. The Morgan fingerprint density at radius 1 is 1.27 bits per heavy atom. The third-order valence-electron chi connectivity index (χ3n) is 3.54. The van der Waals surface area contributed by atoms with Crippen LogP contribution in [0.4, 0.5) is 5.69 Å². The Hall–Kier alpha value is -1.79. The summed E-state index contributed by atoms with van der Waals surface area (Å²) in [6, 6.07) is 5.31. The van der Waals surface area contributed by atoms with E-state index in [2.05, 4.69) is 10.2 Å². The number of carbonyl (C=O) groups excluding carboxylic acids is 1. The molecule has 1 fully saturated rings. The topological polar surface area (TPSA) is 60.0 Å². The number of hydrogen-bond donors (Lipinski definition) is 1. The maximum absolute atomic E-state index is 12.3. The van der Waals surface area contributed by atoms with Crippen molar-refractivity contribution >= 4 is 11.6 Å². The van der Waals surface area contributed by atoms with Gasteiger partial charge >= 0.3 is 0 Å². The number of hydrogen-bond acceptors (Lipinski definition) is 5. The van der Waals surface area contributed by atoms with Crippen molar-refractivity contribution in [3.8, 4) is 11.5 Å². The summed E-state index contributed by atoms with van der Waals surface area (Å²) in [5.74, 6) is 1.20. The molecule has 6 heteroatoms. The molecule has 1 heterocycles. The monoisotopic (exact) mass is 308 g/mol. The number of carbonyl (C=O) groups is 1. The molecule has 2 rings (SSSR count). The average Bonchev–Trinajstić information content (AvgIpc) is 2.45. The van der Waals surface area contributed by atoms with E-state index in [1.165, 1.54) is 0 Å². The summed E-state index contributed by atoms with van der Waals surface area (Å²) >= 11 is 0. The fraction of sp³-hybridized carbons (Fsp3) is 0.562. The molecule has 1 aromatic rings. The fourth-order valence-corrected chi connectivity index (χ4v) is 2.72. The maximum atomic E-state index is 12.3. The Labute approximate surface area is 131 Å². The van der Waals surface area contributed by atoms with E-state index in [0.29, 0.717) is 23.7 Å². The van der Waals surface area contributed by atoms with Crippen molar-refractivity contribution in [2.75, 3.05) is 39.2 Å². The smallest absolute Gasteiger partial charge is 0.238 e. The van der Waals surface area contributed by atoms with Crippen LogP contribution in [0, 0.1) is 0 Å². The quantitative estimate of drug-likeness (QED) is 0.898. The molecule has 22 heavy (non-hydrogen) atoms. The van der Waals surface area contributed by atoms with Crippen LogP contribution < -0.4 is 14.8 Å². The van der Waals surface area contributed by atoms with Crippen molar-refractivity contribution in [3.05, 3.63) is 18.2 Å². The second-order valence-electron chi connectivity index (χ2n) is 5.57. The van der Waals surface area contributed by atoms with Gasteiger partial charge in [0.05, 0.1) is 38.7 Å². The van der Waals surface area contributed by atoms with E-state index in [4.69, 9.17) is 14.2 Å². The highest BCUT2D eigenvalue weighted by atomic mass is 16.5. The molecule has 2 atom stereocenters. The minimum Gasteiger partial charge on any atom is -0.497 e. The molecule has 1 aliphatic heterocycles. The maximum Gasteiger partial charge on any atom is 0.238 e. The number of benzene rings is 1. The zero-order chi connectivity index (χ0) is 16.1. The second-order valence-corrected chi connectivity index (χ2v) is 5.57. The number of methoxy groups -OCH3 is 2. The van der Waals surface area contributed by atoms with Crippen LogP contribution in [0.15, 0.2) is 18.2 Å². The van der Waals surface area contributed by atoms with Crippen LogP contribution in [0.2, 0.25) is 0 Å². The van der Waals surface area contributed by atoms with Crippen LogP contribution in [0.5, 0.6) is 11.5 Å². The number of morpholine rings is 1. The summed E-state index contributed by atoms with van der Waals surface area (Å²) in [5.41, 5.74) is 0.612. The van der Waals surface area contributed by atoms with Gasteiger partial charge in [0.2, 0.25) is 5.91 Å². The first-order valence-corrected chi connectivity index (χ1v) is 7.41. The van der Waals surface area contributed by atoms with Crippen molar-refractivity contribution < 1.29 is 19.0 Å². The lowest BCUT2D eigenvalue weighted by Crippen LogP contribution is -2.48. The summed E-state index contributed by atoms with van der Waals surface area (Å²) in [5, 5.41) is 2.89. The van der Waals surface area contributed by atoms with Crippen LogP contribution in [0.25, 0.3) is 0 Å². The lowest BCUT2D eigenvalue weighted by atomic mass is 10.2. The van der Waals surface area contributed by atoms with Crippen LogP contribution in [-0.4, -0.2) is 56.9 Å². The molecule has 6 nitrogen and oxygen atoms in total. The molecule has 0 spiro atoms. The van der Waals surface area contributed by atoms with Crippen molar-refractivity contribution in [1.82, 2.24) is 4.90 Å². The van der Waals surface area contributed by atoms with E-state index in [0.717, 1.165) is 13.1 Å². The Morgan fingerprint density at radius 3 is 2.55 bits per heavy atom. The van der Waals surface area contributed by atoms with Gasteiger partial charge in [0.25, 0.3) is 0 Å². The summed E-state index contributed by atoms with van der Waals surface area (Å²) in [6.07, 6.45) is 0.283. The van der Waals surface area contributed by atoms with E-state index in [1.54, 1.807) is 32.4 Å². The summed E-state index contributed by atoms with van der Waals surface area (Å²) < 4.78 is 16.1. The van der Waals surface area contributed by atoms with Crippen LogP contribution in [0.1, 0.15) is 13.8 Å². The molecule has 2 unspecified atom stereocenters. The predicted molar refractivity (Wildman–Crippen MR) is 84.6 cm³/mol. The van der Waals surface area contributed by atoms with Crippen molar-refractivity contribution in [3.63, 3.8) is 0 Å². The summed E-state index contributed by atoms with van der Waals surface area (Å²) in [7, 11) is 3.16. The van der Waals surface area contributed by atoms with Crippen LogP contribution in [0.3, 0.4) is 0 Å². The second kappa shape index (κ2) is 7.47. The zero-order valence-corrected chi connectivity index (χ0v) is 13.6. The first kappa shape index (κ1) is 16.6. The minimum absolute atomic E-state index is 0.0761. The fourth-order valence-electron chi connectivity index (χ4n) is 2.72. The van der Waals surface area contributed by atoms with Gasteiger partial charge in [0.15, 0.2) is 0 Å². The van der Waals surface area contributed by atoms with E-state index >= 15 is 0 Å². The zero-order valence-electron chi connectivity index (χ0n) is 13.6. The summed E-state index contributed by atoms with van der Waals surface area (Å²) in [4.78, 5) is 14.4. The molecule has 0 radical (unpaired) electrons. The Bertz CT molecular complexity index is 511.